The van der Waals surface area contributed by atoms with Gasteiger partial charge in [-0.05, 0) is 18.1 Å². The van der Waals surface area contributed by atoms with E-state index in [1.165, 1.54) is 0 Å². The number of aromatic nitrogens is 2. The van der Waals surface area contributed by atoms with Gasteiger partial charge in [0.2, 0.25) is 0 Å². The van der Waals surface area contributed by atoms with Crippen LogP contribution in [0.3, 0.4) is 0 Å². The maximum Gasteiger partial charge on any atom is 0.138 e. The molecule has 4 heteroatoms. The van der Waals surface area contributed by atoms with Gasteiger partial charge in [0.1, 0.15) is 11.5 Å². The zero-order valence-corrected chi connectivity index (χ0v) is 9.59. The van der Waals surface area contributed by atoms with Crippen LogP contribution in [0.25, 0.3) is 5.65 Å². The van der Waals surface area contributed by atoms with Crippen molar-refractivity contribution in [2.45, 2.75) is 19.9 Å². The van der Waals surface area contributed by atoms with Crippen LogP contribution in [0.15, 0.2) is 30.6 Å². The highest BCUT2D eigenvalue weighted by atomic mass is 16.3. The molecular weight excluding hydrogens is 202 g/mol. The lowest BCUT2D eigenvalue weighted by Gasteiger charge is -2.21. The molecule has 0 aliphatic rings. The second-order valence-electron chi connectivity index (χ2n) is 4.24. The summed E-state index contributed by atoms with van der Waals surface area (Å²) in [5, 5.41) is 12.6. The Bertz CT molecular complexity index is 464. The number of aliphatic hydroxyl groups excluding tert-OH is 1. The van der Waals surface area contributed by atoms with Gasteiger partial charge in [0, 0.05) is 12.4 Å². The lowest BCUT2D eigenvalue weighted by molar-refractivity contribution is 0.249. The molecule has 1 atom stereocenters. The fourth-order valence-corrected chi connectivity index (χ4v) is 1.68. The van der Waals surface area contributed by atoms with Crippen LogP contribution in [-0.2, 0) is 0 Å². The Balaban J connectivity index is 2.29. The Morgan fingerprint density at radius 3 is 2.94 bits per heavy atom. The first kappa shape index (κ1) is 11.0. The Hall–Kier alpha value is -1.55. The van der Waals surface area contributed by atoms with Gasteiger partial charge in [-0.2, -0.15) is 0 Å². The van der Waals surface area contributed by atoms with Gasteiger partial charge >= 0.3 is 0 Å². The molecule has 2 aromatic heterocycles. The van der Waals surface area contributed by atoms with E-state index < -0.39 is 0 Å². The molecule has 0 amide bonds. The molecule has 0 unspecified atom stereocenters. The van der Waals surface area contributed by atoms with Crippen LogP contribution in [0, 0.1) is 5.92 Å². The van der Waals surface area contributed by atoms with Crippen molar-refractivity contribution in [2.75, 3.05) is 11.9 Å². The number of fused-ring (bicyclic) bond motifs is 1. The van der Waals surface area contributed by atoms with Gasteiger partial charge in [-0.25, -0.2) is 4.98 Å². The molecule has 16 heavy (non-hydrogen) atoms. The summed E-state index contributed by atoms with van der Waals surface area (Å²) in [7, 11) is 0. The Kier molecular flexibility index (Phi) is 3.10. The molecule has 86 valence electrons. The maximum absolute atomic E-state index is 9.29. The van der Waals surface area contributed by atoms with Crippen molar-refractivity contribution in [3.05, 3.63) is 30.6 Å². The zero-order chi connectivity index (χ0) is 11.5. The number of imidazole rings is 1. The normalized spacial score (nSPS) is 13.2. The largest absolute Gasteiger partial charge is 0.394 e. The van der Waals surface area contributed by atoms with Crippen LogP contribution >= 0.6 is 0 Å². The quantitative estimate of drug-likeness (QED) is 0.823. The van der Waals surface area contributed by atoms with Gasteiger partial charge in [-0.3, -0.25) is 4.40 Å². The van der Waals surface area contributed by atoms with E-state index in [1.807, 2.05) is 28.8 Å². The molecule has 0 aromatic carbocycles. The molecule has 0 saturated heterocycles. The zero-order valence-electron chi connectivity index (χ0n) is 9.59. The van der Waals surface area contributed by atoms with E-state index in [9.17, 15) is 5.11 Å². The predicted octanol–water partition coefficient (Wildman–Crippen LogP) is 1.76. The second-order valence-corrected chi connectivity index (χ2v) is 4.24. The number of hydrogen-bond donors (Lipinski definition) is 2. The fraction of sp³-hybridized carbons (Fsp3) is 0.417. The standard InChI is InChI=1S/C12H17N3O/c1-9(2)10(8-16)14-12-5-3-4-11-13-6-7-15(11)12/h3-7,9-10,14,16H,8H2,1-2H3/t10-/m1/s1. The highest BCUT2D eigenvalue weighted by Gasteiger charge is 2.12. The van der Waals surface area contributed by atoms with Gasteiger partial charge in [0.15, 0.2) is 0 Å². The molecule has 4 nitrogen and oxygen atoms in total. The molecule has 0 fully saturated rings. The van der Waals surface area contributed by atoms with E-state index in [4.69, 9.17) is 0 Å². The van der Waals surface area contributed by atoms with Crippen LogP contribution in [0.4, 0.5) is 5.82 Å². The number of hydrogen-bond acceptors (Lipinski definition) is 3. The van der Waals surface area contributed by atoms with Crippen molar-refractivity contribution in [3.8, 4) is 0 Å². The topological polar surface area (TPSA) is 49.6 Å². The average Bonchev–Trinajstić information content (AvgIpc) is 2.73. The van der Waals surface area contributed by atoms with Crippen molar-refractivity contribution in [2.24, 2.45) is 5.92 Å². The minimum absolute atomic E-state index is 0.0630. The monoisotopic (exact) mass is 219 g/mol. The number of nitrogens with one attached hydrogen (secondary N) is 1. The molecule has 2 N–H and O–H groups in total. The molecule has 0 aliphatic heterocycles. The molecule has 2 heterocycles. The fourth-order valence-electron chi connectivity index (χ4n) is 1.68. The highest BCUT2D eigenvalue weighted by Crippen LogP contribution is 2.14. The summed E-state index contributed by atoms with van der Waals surface area (Å²) in [4.78, 5) is 4.22. The van der Waals surface area contributed by atoms with Gasteiger partial charge in [-0.15, -0.1) is 0 Å². The Labute approximate surface area is 94.9 Å². The molecule has 0 radical (unpaired) electrons. The molecular formula is C12H17N3O. The average molecular weight is 219 g/mol. The van der Waals surface area contributed by atoms with Crippen molar-refractivity contribution in [1.29, 1.82) is 0 Å². The summed E-state index contributed by atoms with van der Waals surface area (Å²) in [6.45, 7) is 4.30. The van der Waals surface area contributed by atoms with Crippen LogP contribution in [0.2, 0.25) is 0 Å². The third-order valence-electron chi connectivity index (χ3n) is 2.76. The van der Waals surface area contributed by atoms with Gasteiger partial charge in [0.25, 0.3) is 0 Å². The molecule has 2 rings (SSSR count). The van der Waals surface area contributed by atoms with E-state index in [1.54, 1.807) is 6.20 Å². The van der Waals surface area contributed by atoms with E-state index in [-0.39, 0.29) is 12.6 Å². The SMILES string of the molecule is CC(C)[C@@H](CO)Nc1cccc2nccn12. The molecule has 0 aliphatic carbocycles. The van der Waals surface area contributed by atoms with Crippen molar-refractivity contribution < 1.29 is 5.11 Å². The lowest BCUT2D eigenvalue weighted by atomic mass is 10.1. The second kappa shape index (κ2) is 4.53. The van der Waals surface area contributed by atoms with Crippen LogP contribution < -0.4 is 5.32 Å². The van der Waals surface area contributed by atoms with Crippen LogP contribution in [0.5, 0.6) is 0 Å². The summed E-state index contributed by atoms with van der Waals surface area (Å²) < 4.78 is 1.98. The van der Waals surface area contributed by atoms with Crippen molar-refractivity contribution in [1.82, 2.24) is 9.38 Å². The number of rotatable bonds is 4. The van der Waals surface area contributed by atoms with Crippen LogP contribution in [-0.4, -0.2) is 27.1 Å². The first-order chi connectivity index (χ1) is 7.72. The highest BCUT2D eigenvalue weighted by molar-refractivity contribution is 5.50. The summed E-state index contributed by atoms with van der Waals surface area (Å²) in [6.07, 6.45) is 3.68. The number of nitrogens with zero attached hydrogens (tertiary/aromatic N) is 2. The number of aliphatic hydroxyl groups is 1. The van der Waals surface area contributed by atoms with Gasteiger partial charge < -0.3 is 10.4 Å². The van der Waals surface area contributed by atoms with Gasteiger partial charge in [0.05, 0.1) is 12.6 Å². The van der Waals surface area contributed by atoms with E-state index in [0.29, 0.717) is 5.92 Å². The first-order valence-corrected chi connectivity index (χ1v) is 5.52. The third-order valence-corrected chi connectivity index (χ3v) is 2.76. The molecule has 0 bridgehead atoms. The molecule has 2 aromatic rings. The van der Waals surface area contributed by atoms with E-state index in [0.717, 1.165) is 11.5 Å². The van der Waals surface area contributed by atoms with Crippen molar-refractivity contribution >= 4 is 11.5 Å². The smallest absolute Gasteiger partial charge is 0.138 e. The minimum Gasteiger partial charge on any atom is -0.394 e. The molecule has 0 saturated carbocycles. The lowest BCUT2D eigenvalue weighted by Crippen LogP contribution is -2.30. The summed E-state index contributed by atoms with van der Waals surface area (Å²) in [5.74, 6) is 1.34. The van der Waals surface area contributed by atoms with Crippen molar-refractivity contribution in [3.63, 3.8) is 0 Å². The van der Waals surface area contributed by atoms with E-state index >= 15 is 0 Å². The predicted molar refractivity (Wildman–Crippen MR) is 64.5 cm³/mol. The number of pyridine rings is 1. The molecule has 0 spiro atoms. The Morgan fingerprint density at radius 2 is 2.25 bits per heavy atom. The Morgan fingerprint density at radius 1 is 1.44 bits per heavy atom. The summed E-state index contributed by atoms with van der Waals surface area (Å²) >= 11 is 0. The maximum atomic E-state index is 9.29. The third kappa shape index (κ3) is 2.02. The summed E-state index contributed by atoms with van der Waals surface area (Å²) in [5.41, 5.74) is 0.908. The van der Waals surface area contributed by atoms with Crippen LogP contribution in [0.1, 0.15) is 13.8 Å². The van der Waals surface area contributed by atoms with Gasteiger partial charge in [-0.1, -0.05) is 19.9 Å². The summed E-state index contributed by atoms with van der Waals surface area (Å²) in [6, 6.07) is 5.96. The van der Waals surface area contributed by atoms with E-state index in [2.05, 4.69) is 24.1 Å². The number of anilines is 1. The minimum atomic E-state index is 0.0630. The first-order valence-electron chi connectivity index (χ1n) is 5.52.